The van der Waals surface area contributed by atoms with E-state index in [-0.39, 0.29) is 5.82 Å². The number of hydrogen-bond donors (Lipinski definition) is 1. The molecule has 0 aliphatic carbocycles. The molecule has 2 rings (SSSR count). The molecule has 1 heterocycles. The predicted octanol–water partition coefficient (Wildman–Crippen LogP) is 2.84. The highest BCUT2D eigenvalue weighted by atomic mass is 19.1. The Morgan fingerprint density at radius 2 is 1.78 bits per heavy atom. The third-order valence-corrected chi connectivity index (χ3v) is 4.04. The van der Waals surface area contributed by atoms with Crippen LogP contribution in [0.3, 0.4) is 0 Å². The maximum absolute atomic E-state index is 12.8. The molecule has 1 aromatic carbocycles. The third kappa shape index (κ3) is 3.30. The minimum Gasteiger partial charge on any atom is -0.388 e. The standard InChI is InChI=1S/C15H22FNO/c1-11-9-17(10-12(11)2)8-7-15(18)13-3-5-14(16)6-4-13/h3-6,11-12,15,18H,7-10H2,1-2H3. The van der Waals surface area contributed by atoms with Crippen LogP contribution in [0, 0.1) is 17.7 Å². The van der Waals surface area contributed by atoms with Gasteiger partial charge in [-0.3, -0.25) is 0 Å². The summed E-state index contributed by atoms with van der Waals surface area (Å²) >= 11 is 0. The molecule has 18 heavy (non-hydrogen) atoms. The van der Waals surface area contributed by atoms with Crippen molar-refractivity contribution in [2.24, 2.45) is 11.8 Å². The molecule has 3 unspecified atom stereocenters. The number of halogens is 1. The van der Waals surface area contributed by atoms with Crippen molar-refractivity contribution in [2.75, 3.05) is 19.6 Å². The smallest absolute Gasteiger partial charge is 0.123 e. The number of aliphatic hydroxyl groups is 1. The summed E-state index contributed by atoms with van der Waals surface area (Å²) in [6.45, 7) is 7.71. The number of likely N-dealkylation sites (tertiary alicyclic amines) is 1. The second kappa shape index (κ2) is 5.81. The number of aliphatic hydroxyl groups excluding tert-OH is 1. The van der Waals surface area contributed by atoms with Gasteiger partial charge in [0.1, 0.15) is 5.82 Å². The van der Waals surface area contributed by atoms with E-state index >= 15 is 0 Å². The van der Waals surface area contributed by atoms with Crippen LogP contribution in [0.5, 0.6) is 0 Å². The lowest BCUT2D eigenvalue weighted by atomic mass is 10.0. The lowest BCUT2D eigenvalue weighted by Crippen LogP contribution is -2.23. The van der Waals surface area contributed by atoms with Crippen molar-refractivity contribution in [3.05, 3.63) is 35.6 Å². The summed E-state index contributed by atoms with van der Waals surface area (Å²) in [4.78, 5) is 2.40. The van der Waals surface area contributed by atoms with E-state index in [0.29, 0.717) is 6.42 Å². The zero-order valence-corrected chi connectivity index (χ0v) is 11.1. The first kappa shape index (κ1) is 13.5. The van der Waals surface area contributed by atoms with Crippen molar-refractivity contribution in [1.82, 2.24) is 4.90 Å². The summed E-state index contributed by atoms with van der Waals surface area (Å²) in [6.07, 6.45) is 0.224. The summed E-state index contributed by atoms with van der Waals surface area (Å²) in [5, 5.41) is 10.1. The molecule has 0 aromatic heterocycles. The van der Waals surface area contributed by atoms with Crippen LogP contribution in [0.1, 0.15) is 31.9 Å². The second-order valence-corrected chi connectivity index (χ2v) is 5.57. The first-order valence-corrected chi connectivity index (χ1v) is 6.72. The average molecular weight is 251 g/mol. The molecule has 100 valence electrons. The van der Waals surface area contributed by atoms with E-state index < -0.39 is 6.10 Å². The number of benzene rings is 1. The average Bonchev–Trinajstić information content (AvgIpc) is 2.67. The van der Waals surface area contributed by atoms with Gasteiger partial charge in [0, 0.05) is 19.6 Å². The number of nitrogens with zero attached hydrogens (tertiary/aromatic N) is 1. The largest absolute Gasteiger partial charge is 0.388 e. The van der Waals surface area contributed by atoms with E-state index in [9.17, 15) is 9.50 Å². The maximum atomic E-state index is 12.8. The fraction of sp³-hybridized carbons (Fsp3) is 0.600. The van der Waals surface area contributed by atoms with E-state index in [1.807, 2.05) is 0 Å². The SMILES string of the molecule is CC1CN(CCC(O)c2ccc(F)cc2)CC1C. The highest BCUT2D eigenvalue weighted by Gasteiger charge is 2.25. The van der Waals surface area contributed by atoms with Crippen LogP contribution in [0.2, 0.25) is 0 Å². The maximum Gasteiger partial charge on any atom is 0.123 e. The van der Waals surface area contributed by atoms with Crippen molar-refractivity contribution in [2.45, 2.75) is 26.4 Å². The number of hydrogen-bond acceptors (Lipinski definition) is 2. The number of rotatable bonds is 4. The van der Waals surface area contributed by atoms with Gasteiger partial charge >= 0.3 is 0 Å². The van der Waals surface area contributed by atoms with E-state index in [1.54, 1.807) is 12.1 Å². The molecule has 0 saturated carbocycles. The first-order valence-electron chi connectivity index (χ1n) is 6.72. The summed E-state index contributed by atoms with van der Waals surface area (Å²) in [5.41, 5.74) is 0.802. The van der Waals surface area contributed by atoms with Crippen LogP contribution in [0.4, 0.5) is 4.39 Å². The first-order chi connectivity index (χ1) is 8.56. The van der Waals surface area contributed by atoms with Crippen molar-refractivity contribution in [3.8, 4) is 0 Å². The van der Waals surface area contributed by atoms with E-state index in [4.69, 9.17) is 0 Å². The van der Waals surface area contributed by atoms with Crippen molar-refractivity contribution < 1.29 is 9.50 Å². The molecule has 0 radical (unpaired) electrons. The molecular weight excluding hydrogens is 229 g/mol. The molecule has 0 bridgehead atoms. The summed E-state index contributed by atoms with van der Waals surface area (Å²) in [6, 6.07) is 6.13. The Labute approximate surface area is 108 Å². The van der Waals surface area contributed by atoms with Gasteiger partial charge in [-0.1, -0.05) is 26.0 Å². The highest BCUT2D eigenvalue weighted by molar-refractivity contribution is 5.18. The van der Waals surface area contributed by atoms with Gasteiger partial charge in [0.05, 0.1) is 6.10 Å². The fourth-order valence-electron chi connectivity index (χ4n) is 2.59. The van der Waals surface area contributed by atoms with Crippen molar-refractivity contribution in [1.29, 1.82) is 0 Å². The van der Waals surface area contributed by atoms with Gasteiger partial charge in [-0.25, -0.2) is 4.39 Å². The van der Waals surface area contributed by atoms with E-state index in [2.05, 4.69) is 18.7 Å². The van der Waals surface area contributed by atoms with Crippen LogP contribution < -0.4 is 0 Å². The molecule has 1 aromatic rings. The van der Waals surface area contributed by atoms with Gasteiger partial charge in [0.2, 0.25) is 0 Å². The van der Waals surface area contributed by atoms with Crippen LogP contribution in [-0.4, -0.2) is 29.6 Å². The predicted molar refractivity (Wildman–Crippen MR) is 70.7 cm³/mol. The van der Waals surface area contributed by atoms with Crippen LogP contribution in [-0.2, 0) is 0 Å². The monoisotopic (exact) mass is 251 g/mol. The molecule has 2 nitrogen and oxygen atoms in total. The Morgan fingerprint density at radius 3 is 2.33 bits per heavy atom. The molecule has 1 fully saturated rings. The summed E-state index contributed by atoms with van der Waals surface area (Å²) < 4.78 is 12.8. The highest BCUT2D eigenvalue weighted by Crippen LogP contribution is 2.24. The van der Waals surface area contributed by atoms with Gasteiger partial charge in [-0.2, -0.15) is 0 Å². The topological polar surface area (TPSA) is 23.5 Å². The van der Waals surface area contributed by atoms with Gasteiger partial charge in [-0.05, 0) is 36.0 Å². The Bertz CT molecular complexity index is 369. The molecule has 1 aliphatic heterocycles. The Morgan fingerprint density at radius 1 is 1.22 bits per heavy atom. The zero-order chi connectivity index (χ0) is 13.1. The van der Waals surface area contributed by atoms with Gasteiger partial charge in [-0.15, -0.1) is 0 Å². The molecular formula is C15H22FNO. The molecule has 3 atom stereocenters. The normalized spacial score (nSPS) is 26.4. The Balaban J connectivity index is 1.81. The Hall–Kier alpha value is -0.930. The van der Waals surface area contributed by atoms with Gasteiger partial charge < -0.3 is 10.0 Å². The van der Waals surface area contributed by atoms with Crippen molar-refractivity contribution in [3.63, 3.8) is 0 Å². The molecule has 1 saturated heterocycles. The van der Waals surface area contributed by atoms with E-state index in [1.165, 1.54) is 12.1 Å². The molecule has 0 amide bonds. The lowest BCUT2D eigenvalue weighted by molar-refractivity contribution is 0.147. The second-order valence-electron chi connectivity index (χ2n) is 5.57. The minimum absolute atomic E-state index is 0.256. The third-order valence-electron chi connectivity index (χ3n) is 4.04. The molecule has 1 N–H and O–H groups in total. The molecule has 1 aliphatic rings. The van der Waals surface area contributed by atoms with Crippen LogP contribution in [0.25, 0.3) is 0 Å². The van der Waals surface area contributed by atoms with Crippen LogP contribution in [0.15, 0.2) is 24.3 Å². The zero-order valence-electron chi connectivity index (χ0n) is 11.1. The molecule has 3 heteroatoms. The molecule has 0 spiro atoms. The Kier molecular flexibility index (Phi) is 4.36. The summed E-state index contributed by atoms with van der Waals surface area (Å²) in [5.74, 6) is 1.23. The summed E-state index contributed by atoms with van der Waals surface area (Å²) in [7, 11) is 0. The minimum atomic E-state index is -0.489. The van der Waals surface area contributed by atoms with E-state index in [0.717, 1.165) is 37.0 Å². The van der Waals surface area contributed by atoms with Crippen LogP contribution >= 0.6 is 0 Å². The lowest BCUT2D eigenvalue weighted by Gasteiger charge is -2.18. The quantitative estimate of drug-likeness (QED) is 0.889. The fourth-order valence-corrected chi connectivity index (χ4v) is 2.59. The van der Waals surface area contributed by atoms with Crippen molar-refractivity contribution >= 4 is 0 Å². The van der Waals surface area contributed by atoms with Gasteiger partial charge in [0.25, 0.3) is 0 Å². The van der Waals surface area contributed by atoms with Gasteiger partial charge in [0.15, 0.2) is 0 Å².